The smallest absolute Gasteiger partial charge is 0.251 e. The van der Waals surface area contributed by atoms with E-state index in [1.807, 2.05) is 0 Å². The maximum atomic E-state index is 13.6. The Labute approximate surface area is 136 Å². The minimum absolute atomic E-state index is 0.0675. The second kappa shape index (κ2) is 7.69. The number of nitrogens with two attached hydrogens (primary N) is 1. The first-order chi connectivity index (χ1) is 10.5. The molecule has 1 aromatic rings. The highest BCUT2D eigenvalue weighted by Crippen LogP contribution is 2.22. The van der Waals surface area contributed by atoms with Crippen LogP contribution >= 0.6 is 15.9 Å². The number of alkyl halides is 1. The van der Waals surface area contributed by atoms with Gasteiger partial charge in [-0.3, -0.25) is 9.59 Å². The molecule has 22 heavy (non-hydrogen) atoms. The van der Waals surface area contributed by atoms with Crippen molar-refractivity contribution in [3.63, 3.8) is 0 Å². The summed E-state index contributed by atoms with van der Waals surface area (Å²) in [5.41, 5.74) is 5.11. The first-order valence-corrected chi connectivity index (χ1v) is 8.05. The molecule has 1 heterocycles. The van der Waals surface area contributed by atoms with Crippen molar-refractivity contribution >= 4 is 33.4 Å². The van der Waals surface area contributed by atoms with Gasteiger partial charge in [-0.2, -0.15) is 0 Å². The highest BCUT2D eigenvalue weighted by molar-refractivity contribution is 9.10. The molecule has 0 radical (unpaired) electrons. The molecule has 7 heteroatoms. The molecule has 1 aliphatic rings. The fourth-order valence-corrected chi connectivity index (χ4v) is 2.88. The van der Waals surface area contributed by atoms with Crippen LogP contribution in [0.15, 0.2) is 18.2 Å². The molecule has 0 aromatic heterocycles. The van der Waals surface area contributed by atoms with E-state index in [-0.39, 0.29) is 23.3 Å². The van der Waals surface area contributed by atoms with Crippen molar-refractivity contribution in [3.8, 4) is 0 Å². The summed E-state index contributed by atoms with van der Waals surface area (Å²) in [4.78, 5) is 22.6. The van der Waals surface area contributed by atoms with Gasteiger partial charge >= 0.3 is 0 Å². The van der Waals surface area contributed by atoms with Crippen LogP contribution in [-0.2, 0) is 9.53 Å². The maximum Gasteiger partial charge on any atom is 0.251 e. The molecule has 1 aromatic carbocycles. The molecule has 1 saturated heterocycles. The number of carbonyl (C=O) groups excluding carboxylic acids is 2. The van der Waals surface area contributed by atoms with Gasteiger partial charge < -0.3 is 15.8 Å². The average molecular weight is 373 g/mol. The number of rotatable bonds is 5. The maximum absolute atomic E-state index is 13.6. The highest BCUT2D eigenvalue weighted by atomic mass is 79.9. The molecule has 3 N–H and O–H groups in total. The zero-order valence-electron chi connectivity index (χ0n) is 12.0. The van der Waals surface area contributed by atoms with Crippen molar-refractivity contribution in [1.82, 2.24) is 0 Å². The summed E-state index contributed by atoms with van der Waals surface area (Å²) < 4.78 is 19.2. The third kappa shape index (κ3) is 4.51. The summed E-state index contributed by atoms with van der Waals surface area (Å²) in [6.45, 7) is 0.728. The van der Waals surface area contributed by atoms with E-state index in [1.165, 1.54) is 12.1 Å². The molecule has 0 unspecified atom stereocenters. The van der Waals surface area contributed by atoms with Crippen molar-refractivity contribution in [2.24, 2.45) is 5.73 Å². The number of halogens is 2. The van der Waals surface area contributed by atoms with Crippen molar-refractivity contribution < 1.29 is 18.7 Å². The predicted molar refractivity (Wildman–Crippen MR) is 84.5 cm³/mol. The van der Waals surface area contributed by atoms with Crippen LogP contribution in [-0.4, -0.2) is 29.4 Å². The minimum Gasteiger partial charge on any atom is -0.378 e. The SMILES string of the molecule is NC(=O)c1ccc(NC(=O)[C@H](Br)C[C@@H]2CCCCO2)cc1F. The lowest BCUT2D eigenvalue weighted by Gasteiger charge is -2.24. The van der Waals surface area contributed by atoms with E-state index in [2.05, 4.69) is 21.2 Å². The summed E-state index contributed by atoms with van der Waals surface area (Å²) in [5, 5.41) is 2.60. The number of amides is 2. The fraction of sp³-hybridized carbons (Fsp3) is 0.467. The first-order valence-electron chi connectivity index (χ1n) is 7.13. The van der Waals surface area contributed by atoms with E-state index in [9.17, 15) is 14.0 Å². The lowest BCUT2D eigenvalue weighted by Crippen LogP contribution is -2.29. The summed E-state index contributed by atoms with van der Waals surface area (Å²) in [6.07, 6.45) is 3.73. The molecule has 2 amide bonds. The summed E-state index contributed by atoms with van der Waals surface area (Å²) in [6, 6.07) is 3.77. The molecule has 0 saturated carbocycles. The molecular weight excluding hydrogens is 355 g/mol. The summed E-state index contributed by atoms with van der Waals surface area (Å²) in [5.74, 6) is -1.88. The summed E-state index contributed by atoms with van der Waals surface area (Å²) >= 11 is 3.33. The van der Waals surface area contributed by atoms with E-state index in [4.69, 9.17) is 10.5 Å². The van der Waals surface area contributed by atoms with Crippen LogP contribution in [0.5, 0.6) is 0 Å². The van der Waals surface area contributed by atoms with Crippen LogP contribution in [0.4, 0.5) is 10.1 Å². The van der Waals surface area contributed by atoms with Gasteiger partial charge in [-0.05, 0) is 43.9 Å². The second-order valence-electron chi connectivity index (χ2n) is 5.24. The van der Waals surface area contributed by atoms with Gasteiger partial charge in [0.1, 0.15) is 5.82 Å². The lowest BCUT2D eigenvalue weighted by molar-refractivity contribution is -0.116. The molecule has 0 aliphatic carbocycles. The summed E-state index contributed by atoms with van der Waals surface area (Å²) in [7, 11) is 0. The van der Waals surface area contributed by atoms with Gasteiger partial charge in [0.05, 0.1) is 16.5 Å². The van der Waals surface area contributed by atoms with Crippen LogP contribution in [0.1, 0.15) is 36.0 Å². The lowest BCUT2D eigenvalue weighted by atomic mass is 10.0. The molecule has 5 nitrogen and oxygen atoms in total. The Kier molecular flexibility index (Phi) is 5.90. The molecule has 2 rings (SSSR count). The van der Waals surface area contributed by atoms with Gasteiger partial charge in [-0.1, -0.05) is 15.9 Å². The van der Waals surface area contributed by atoms with Gasteiger partial charge in [0.25, 0.3) is 5.91 Å². The van der Waals surface area contributed by atoms with Crippen LogP contribution in [0.2, 0.25) is 0 Å². The molecule has 0 bridgehead atoms. The predicted octanol–water partition coefficient (Wildman–Crippen LogP) is 2.59. The van der Waals surface area contributed by atoms with Crippen molar-refractivity contribution in [1.29, 1.82) is 0 Å². The quantitative estimate of drug-likeness (QED) is 0.779. The van der Waals surface area contributed by atoms with Gasteiger partial charge in [0, 0.05) is 12.3 Å². The topological polar surface area (TPSA) is 81.4 Å². The number of benzene rings is 1. The molecule has 1 fully saturated rings. The Morgan fingerprint density at radius 2 is 2.23 bits per heavy atom. The largest absolute Gasteiger partial charge is 0.378 e. The molecular formula is C15H18BrFN2O3. The van der Waals surface area contributed by atoms with E-state index in [0.29, 0.717) is 6.42 Å². The van der Waals surface area contributed by atoms with E-state index >= 15 is 0 Å². The number of hydrogen-bond donors (Lipinski definition) is 2. The molecule has 1 aliphatic heterocycles. The molecule has 2 atom stereocenters. The normalized spacial score (nSPS) is 19.5. The Morgan fingerprint density at radius 1 is 1.45 bits per heavy atom. The van der Waals surface area contributed by atoms with Gasteiger partial charge in [0.15, 0.2) is 0 Å². The number of anilines is 1. The number of hydrogen-bond acceptors (Lipinski definition) is 3. The third-order valence-electron chi connectivity index (χ3n) is 3.53. The second-order valence-corrected chi connectivity index (χ2v) is 6.35. The Balaban J connectivity index is 1.93. The van der Waals surface area contributed by atoms with Crippen LogP contribution < -0.4 is 11.1 Å². The van der Waals surface area contributed by atoms with Crippen LogP contribution in [0.3, 0.4) is 0 Å². The number of primary amides is 1. The Bertz CT molecular complexity index is 562. The van der Waals surface area contributed by atoms with Gasteiger partial charge in [0.2, 0.25) is 5.91 Å². The van der Waals surface area contributed by atoms with E-state index < -0.39 is 16.6 Å². The highest BCUT2D eigenvalue weighted by Gasteiger charge is 2.23. The molecule has 0 spiro atoms. The van der Waals surface area contributed by atoms with E-state index in [1.54, 1.807) is 0 Å². The minimum atomic E-state index is -0.844. The molecule has 120 valence electrons. The average Bonchev–Trinajstić information content (AvgIpc) is 2.47. The van der Waals surface area contributed by atoms with Crippen LogP contribution in [0.25, 0.3) is 0 Å². The Hall–Kier alpha value is -1.47. The van der Waals surface area contributed by atoms with Crippen LogP contribution in [0, 0.1) is 5.82 Å². The Morgan fingerprint density at radius 3 is 2.82 bits per heavy atom. The standard InChI is InChI=1S/C15H18BrFN2O3/c16-12(8-10-3-1-2-6-22-10)15(21)19-9-4-5-11(14(18)20)13(17)7-9/h4-5,7,10,12H,1-3,6,8H2,(H2,18,20)(H,19,21)/t10-,12+/m0/s1. The first kappa shape index (κ1) is 16.9. The number of ether oxygens (including phenoxy) is 1. The fourth-order valence-electron chi connectivity index (χ4n) is 2.34. The van der Waals surface area contributed by atoms with Crippen molar-refractivity contribution in [3.05, 3.63) is 29.6 Å². The van der Waals surface area contributed by atoms with Gasteiger partial charge in [-0.25, -0.2) is 4.39 Å². The van der Waals surface area contributed by atoms with Gasteiger partial charge in [-0.15, -0.1) is 0 Å². The van der Waals surface area contributed by atoms with Crippen molar-refractivity contribution in [2.75, 3.05) is 11.9 Å². The zero-order valence-corrected chi connectivity index (χ0v) is 13.6. The van der Waals surface area contributed by atoms with E-state index in [0.717, 1.165) is 31.9 Å². The zero-order chi connectivity index (χ0) is 16.1. The third-order valence-corrected chi connectivity index (χ3v) is 4.32. The number of carbonyl (C=O) groups is 2. The number of nitrogens with one attached hydrogen (secondary N) is 1. The monoisotopic (exact) mass is 372 g/mol. The van der Waals surface area contributed by atoms with Crippen molar-refractivity contribution in [2.45, 2.75) is 36.6 Å².